The molecule has 4 rings (SSSR count). The minimum absolute atomic E-state index is 0.669. The largest absolute Gasteiger partial charge is 0.298 e. The summed E-state index contributed by atoms with van der Waals surface area (Å²) in [5.74, 6) is 0. The molecule has 0 radical (unpaired) electrons. The Labute approximate surface area is 141 Å². The number of likely N-dealkylation sites (tertiary alicyclic amines) is 1. The third kappa shape index (κ3) is 2.16. The zero-order valence-corrected chi connectivity index (χ0v) is 14.7. The Morgan fingerprint density at radius 2 is 1.87 bits per heavy atom. The number of piperidine rings is 1. The molecule has 23 heavy (non-hydrogen) atoms. The topological polar surface area (TPSA) is 40.6 Å². The number of hydrogen-bond acceptors (Lipinski definition) is 4. The number of sulfonamides is 1. The van der Waals surface area contributed by atoms with Gasteiger partial charge in [0.25, 0.3) is 0 Å². The second-order valence-corrected chi connectivity index (χ2v) is 9.65. The van der Waals surface area contributed by atoms with Crippen molar-refractivity contribution < 1.29 is 8.42 Å². The van der Waals surface area contributed by atoms with Crippen LogP contribution < -0.4 is 4.31 Å². The Balaban J connectivity index is 1.63. The summed E-state index contributed by atoms with van der Waals surface area (Å²) in [7, 11) is -1.64. The lowest BCUT2D eigenvalue weighted by molar-refractivity contribution is 0.191. The molecule has 4 nitrogen and oxygen atoms in total. The van der Waals surface area contributed by atoms with Crippen LogP contribution in [0.1, 0.15) is 23.3 Å². The van der Waals surface area contributed by atoms with Crippen molar-refractivity contribution in [2.75, 3.05) is 24.4 Å². The zero-order chi connectivity index (χ0) is 16.1. The van der Waals surface area contributed by atoms with Gasteiger partial charge in [0.05, 0.1) is 5.69 Å². The average Bonchev–Trinajstić information content (AvgIpc) is 3.12. The van der Waals surface area contributed by atoms with Gasteiger partial charge in [0, 0.05) is 31.6 Å². The number of benzene rings is 1. The van der Waals surface area contributed by atoms with Gasteiger partial charge >= 0.3 is 0 Å². The van der Waals surface area contributed by atoms with Crippen LogP contribution in [0.5, 0.6) is 0 Å². The fourth-order valence-corrected chi connectivity index (χ4v) is 6.72. The van der Waals surface area contributed by atoms with E-state index in [0.29, 0.717) is 12.8 Å². The first kappa shape index (κ1) is 15.2. The van der Waals surface area contributed by atoms with E-state index < -0.39 is 14.8 Å². The molecule has 0 unspecified atom stereocenters. The van der Waals surface area contributed by atoms with Gasteiger partial charge in [0.15, 0.2) is 0 Å². The van der Waals surface area contributed by atoms with Crippen LogP contribution in [0.3, 0.4) is 0 Å². The van der Waals surface area contributed by atoms with Crippen LogP contribution in [0.15, 0.2) is 41.8 Å². The molecule has 2 aliphatic heterocycles. The minimum atomic E-state index is -3.32. The summed E-state index contributed by atoms with van der Waals surface area (Å²) in [6.45, 7) is 2.56. The third-order valence-electron chi connectivity index (χ3n) is 5.21. The van der Waals surface area contributed by atoms with E-state index in [1.165, 1.54) is 9.18 Å². The minimum Gasteiger partial charge on any atom is -0.298 e. The first-order valence-electron chi connectivity index (χ1n) is 7.87. The summed E-state index contributed by atoms with van der Waals surface area (Å²) >= 11 is 1.76. The van der Waals surface area contributed by atoms with Gasteiger partial charge in [-0.25, -0.2) is 8.42 Å². The summed E-state index contributed by atoms with van der Waals surface area (Å²) in [5.41, 5.74) is 1.83. The quantitative estimate of drug-likeness (QED) is 0.838. The van der Waals surface area contributed by atoms with Crippen molar-refractivity contribution in [3.05, 3.63) is 52.2 Å². The Morgan fingerprint density at radius 3 is 2.57 bits per heavy atom. The van der Waals surface area contributed by atoms with Crippen molar-refractivity contribution in [3.8, 4) is 0 Å². The van der Waals surface area contributed by atoms with Gasteiger partial charge in [0.2, 0.25) is 10.0 Å². The number of anilines is 1. The summed E-state index contributed by atoms with van der Waals surface area (Å²) in [5, 5.41) is 2.09. The molecule has 0 bridgehead atoms. The van der Waals surface area contributed by atoms with Crippen LogP contribution >= 0.6 is 11.3 Å². The van der Waals surface area contributed by atoms with E-state index in [1.807, 2.05) is 24.3 Å². The molecule has 122 valence electrons. The highest BCUT2D eigenvalue weighted by atomic mass is 32.2. The average molecular weight is 348 g/mol. The maximum atomic E-state index is 13.1. The maximum Gasteiger partial charge on any atom is 0.245 e. The highest BCUT2D eigenvalue weighted by Gasteiger charge is 2.55. The van der Waals surface area contributed by atoms with Crippen molar-refractivity contribution in [1.29, 1.82) is 0 Å². The lowest BCUT2D eigenvalue weighted by Gasteiger charge is -2.38. The molecular weight excluding hydrogens is 328 g/mol. The van der Waals surface area contributed by atoms with Crippen LogP contribution in [-0.2, 0) is 21.3 Å². The highest BCUT2D eigenvalue weighted by Crippen LogP contribution is 2.51. The van der Waals surface area contributed by atoms with Gasteiger partial charge in [-0.2, -0.15) is 0 Å². The van der Waals surface area contributed by atoms with Crippen molar-refractivity contribution in [1.82, 2.24) is 4.90 Å². The second kappa shape index (κ2) is 5.33. The summed E-state index contributed by atoms with van der Waals surface area (Å²) in [4.78, 5) is 3.71. The SMILES string of the molecule is CN1c2ccccc2C2(CCN(Cc3cccs3)CC2)S1(=O)=O. The molecule has 6 heteroatoms. The van der Waals surface area contributed by atoms with Gasteiger partial charge in [-0.15, -0.1) is 11.3 Å². The predicted octanol–water partition coefficient (Wildman–Crippen LogP) is 3.02. The predicted molar refractivity (Wildman–Crippen MR) is 94.3 cm³/mol. The number of hydrogen-bond donors (Lipinski definition) is 0. The standard InChI is InChI=1S/C17H20N2O2S2/c1-18-16-7-3-2-6-15(16)17(23(18,20)21)8-10-19(11-9-17)13-14-5-4-12-22-14/h2-7,12H,8-11,13H2,1H3. The molecule has 1 spiro atoms. The van der Waals surface area contributed by atoms with Gasteiger partial charge in [-0.1, -0.05) is 24.3 Å². The lowest BCUT2D eigenvalue weighted by Crippen LogP contribution is -2.47. The number of thiophene rings is 1. The molecule has 0 amide bonds. The van der Waals surface area contributed by atoms with Crippen molar-refractivity contribution in [3.63, 3.8) is 0 Å². The molecule has 2 aromatic rings. The summed E-state index contributed by atoms with van der Waals surface area (Å²) in [6.07, 6.45) is 1.34. The van der Waals surface area contributed by atoms with Crippen LogP contribution in [0.2, 0.25) is 0 Å². The van der Waals surface area contributed by atoms with Crippen molar-refractivity contribution in [2.45, 2.75) is 24.1 Å². The van der Waals surface area contributed by atoms with Gasteiger partial charge in [-0.05, 0) is 35.9 Å². The van der Waals surface area contributed by atoms with Crippen molar-refractivity contribution in [2.24, 2.45) is 0 Å². The molecule has 1 fully saturated rings. The van der Waals surface area contributed by atoms with E-state index in [2.05, 4.69) is 22.4 Å². The molecular formula is C17H20N2O2S2. The van der Waals surface area contributed by atoms with Gasteiger partial charge < -0.3 is 0 Å². The molecule has 1 aromatic heterocycles. The first-order valence-corrected chi connectivity index (χ1v) is 10.2. The van der Waals surface area contributed by atoms with E-state index in [0.717, 1.165) is 30.9 Å². The Bertz CT molecular complexity index is 807. The van der Waals surface area contributed by atoms with Gasteiger partial charge in [-0.3, -0.25) is 9.21 Å². The number of para-hydroxylation sites is 1. The smallest absolute Gasteiger partial charge is 0.245 e. The van der Waals surface area contributed by atoms with Crippen LogP contribution in [0.25, 0.3) is 0 Å². The molecule has 2 aliphatic rings. The summed E-state index contributed by atoms with van der Waals surface area (Å²) < 4.78 is 26.9. The van der Waals surface area contributed by atoms with Crippen LogP contribution in [-0.4, -0.2) is 33.5 Å². The van der Waals surface area contributed by atoms with E-state index >= 15 is 0 Å². The number of nitrogens with zero attached hydrogens (tertiary/aromatic N) is 2. The highest BCUT2D eigenvalue weighted by molar-refractivity contribution is 7.94. The van der Waals surface area contributed by atoms with Crippen LogP contribution in [0, 0.1) is 0 Å². The molecule has 0 saturated carbocycles. The second-order valence-electron chi connectivity index (χ2n) is 6.34. The molecule has 1 aromatic carbocycles. The van der Waals surface area contributed by atoms with E-state index in [9.17, 15) is 8.42 Å². The lowest BCUT2D eigenvalue weighted by atomic mass is 9.87. The van der Waals surface area contributed by atoms with Crippen molar-refractivity contribution >= 4 is 27.0 Å². The maximum absolute atomic E-state index is 13.1. The third-order valence-corrected chi connectivity index (χ3v) is 8.61. The van der Waals surface area contributed by atoms with E-state index in [-0.39, 0.29) is 0 Å². The molecule has 0 aliphatic carbocycles. The zero-order valence-electron chi connectivity index (χ0n) is 13.1. The first-order chi connectivity index (χ1) is 11.0. The Morgan fingerprint density at radius 1 is 1.13 bits per heavy atom. The molecule has 1 saturated heterocycles. The number of rotatable bonds is 2. The molecule has 0 atom stereocenters. The molecule has 0 N–H and O–H groups in total. The van der Waals surface area contributed by atoms with E-state index in [4.69, 9.17) is 0 Å². The number of fused-ring (bicyclic) bond motifs is 2. The fraction of sp³-hybridized carbons (Fsp3) is 0.412. The molecule has 3 heterocycles. The normalized spacial score (nSPS) is 22.4. The Hall–Kier alpha value is -1.37. The Kier molecular flexibility index (Phi) is 3.51. The monoisotopic (exact) mass is 348 g/mol. The fourth-order valence-electron chi connectivity index (χ4n) is 3.89. The van der Waals surface area contributed by atoms with E-state index in [1.54, 1.807) is 18.4 Å². The summed E-state index contributed by atoms with van der Waals surface area (Å²) in [6, 6.07) is 12.0. The van der Waals surface area contributed by atoms with Gasteiger partial charge in [0.1, 0.15) is 4.75 Å². The van der Waals surface area contributed by atoms with Crippen LogP contribution in [0.4, 0.5) is 5.69 Å².